The first kappa shape index (κ1) is 31.8. The number of carbonyl (C=O) groups is 2. The topological polar surface area (TPSA) is 196 Å². The molecule has 6 heterocycles. The Bertz CT molecular complexity index is 1250. The Hall–Kier alpha value is -2.15. The first-order valence-electron chi connectivity index (χ1n) is 14.5. The fraction of sp³-hybridized carbons (Fsp3) is 0.926. The Morgan fingerprint density at radius 2 is 1.23 bits per heavy atom. The van der Waals surface area contributed by atoms with E-state index in [0.717, 1.165) is 0 Å². The highest BCUT2D eigenvalue weighted by molar-refractivity contribution is 5.95. The molecule has 10 atom stereocenters. The van der Waals surface area contributed by atoms with E-state index in [-0.39, 0.29) is 13.2 Å². The molecule has 0 unspecified atom stereocenters. The van der Waals surface area contributed by atoms with E-state index in [0.29, 0.717) is 0 Å². The van der Waals surface area contributed by atoms with Crippen molar-refractivity contribution >= 4 is 11.9 Å². The average Bonchev–Trinajstić information content (AvgIpc) is 3.71. The average molecular weight is 629 g/mol. The Morgan fingerprint density at radius 1 is 0.727 bits per heavy atom. The first-order valence-corrected chi connectivity index (χ1v) is 14.5. The smallest absolute Gasteiger partial charge is 0.337 e. The highest BCUT2D eigenvalue weighted by Gasteiger charge is 2.75. The minimum atomic E-state index is -2.17. The predicted octanol–water partition coefficient (Wildman–Crippen LogP) is 1.12. The number of carbonyl (C=O) groups excluding carboxylic acids is 2. The summed E-state index contributed by atoms with van der Waals surface area (Å²) in [5.41, 5.74) is 5.64. The molecule has 0 aromatic carbocycles. The van der Waals surface area contributed by atoms with Crippen LogP contribution in [0.1, 0.15) is 55.4 Å². The van der Waals surface area contributed by atoms with Gasteiger partial charge in [0, 0.05) is 4.91 Å². The van der Waals surface area contributed by atoms with Gasteiger partial charge < -0.3 is 57.4 Å². The molecule has 0 aromatic heterocycles. The molecule has 6 aliphatic heterocycles. The molecule has 6 fully saturated rings. The summed E-state index contributed by atoms with van der Waals surface area (Å²) in [7, 11) is 1.17. The van der Waals surface area contributed by atoms with Crippen LogP contribution < -0.4 is 5.32 Å². The Kier molecular flexibility index (Phi) is 7.36. The molecule has 17 heteroatoms. The molecule has 0 bridgehead atoms. The van der Waals surface area contributed by atoms with Crippen molar-refractivity contribution in [2.45, 2.75) is 139 Å². The quantitative estimate of drug-likeness (QED) is 0.190. The zero-order valence-electron chi connectivity index (χ0n) is 26.2. The summed E-state index contributed by atoms with van der Waals surface area (Å²) >= 11 is 0. The number of ether oxygens (including phenoxy) is 11. The maximum atomic E-state index is 14.9. The van der Waals surface area contributed by atoms with Gasteiger partial charge in [0.05, 0.1) is 20.3 Å². The third kappa shape index (κ3) is 4.89. The van der Waals surface area contributed by atoms with Crippen molar-refractivity contribution in [3.05, 3.63) is 10.4 Å². The van der Waals surface area contributed by atoms with Gasteiger partial charge in [0.1, 0.15) is 36.6 Å². The number of esters is 1. The SMILES string of the molecule is COC(=O)[C@]1(NC(=O)[C@]2(N=[N+]=[N-])[C@@H]([C@H]3COC(C)(C)O3)O[C@@H]3OC(C)(C)O[C@@H]32)[C@@H]([C@H]2COC(C)(C)O2)O[C@@H]2OC(C)(C)O[C@@H]21. The Morgan fingerprint density at radius 3 is 1.73 bits per heavy atom. The fourth-order valence-corrected chi connectivity index (χ4v) is 6.94. The van der Waals surface area contributed by atoms with E-state index in [2.05, 4.69) is 15.3 Å². The zero-order chi connectivity index (χ0) is 32.1. The molecule has 0 saturated carbocycles. The van der Waals surface area contributed by atoms with Crippen molar-refractivity contribution < 1.29 is 61.7 Å². The van der Waals surface area contributed by atoms with Gasteiger partial charge in [0.2, 0.25) is 5.91 Å². The van der Waals surface area contributed by atoms with E-state index in [4.69, 9.17) is 52.1 Å². The van der Waals surface area contributed by atoms with E-state index >= 15 is 0 Å². The van der Waals surface area contributed by atoms with Crippen LogP contribution in [0.5, 0.6) is 0 Å². The van der Waals surface area contributed by atoms with Crippen LogP contribution in [0.3, 0.4) is 0 Å². The molecule has 44 heavy (non-hydrogen) atoms. The molecule has 6 saturated heterocycles. The molecule has 0 aromatic rings. The molecule has 1 N–H and O–H groups in total. The van der Waals surface area contributed by atoms with Gasteiger partial charge in [0.25, 0.3) is 0 Å². The normalized spacial score (nSPS) is 45.8. The number of methoxy groups -OCH3 is 1. The number of amides is 1. The Labute approximate surface area is 253 Å². The number of azide groups is 1. The lowest BCUT2D eigenvalue weighted by Gasteiger charge is -2.41. The van der Waals surface area contributed by atoms with Gasteiger partial charge in [-0.25, -0.2) is 4.79 Å². The van der Waals surface area contributed by atoms with Crippen LogP contribution in [-0.2, 0) is 61.7 Å². The summed E-state index contributed by atoms with van der Waals surface area (Å²) in [4.78, 5) is 32.0. The van der Waals surface area contributed by atoms with Gasteiger partial charge in [-0.3, -0.25) is 4.79 Å². The van der Waals surface area contributed by atoms with Crippen LogP contribution in [0, 0.1) is 0 Å². The maximum Gasteiger partial charge on any atom is 0.337 e. The van der Waals surface area contributed by atoms with E-state index in [1.807, 2.05) is 0 Å². The minimum Gasteiger partial charge on any atom is -0.467 e. The number of nitrogens with zero attached hydrogens (tertiary/aromatic N) is 3. The van der Waals surface area contributed by atoms with E-state index in [1.165, 1.54) is 7.11 Å². The summed E-state index contributed by atoms with van der Waals surface area (Å²) < 4.78 is 65.7. The largest absolute Gasteiger partial charge is 0.467 e. The van der Waals surface area contributed by atoms with Gasteiger partial charge >= 0.3 is 5.97 Å². The molecule has 1 amide bonds. The van der Waals surface area contributed by atoms with Crippen molar-refractivity contribution in [3.8, 4) is 0 Å². The van der Waals surface area contributed by atoms with E-state index < -0.39 is 95.3 Å². The second-order valence-corrected chi connectivity index (χ2v) is 13.5. The second kappa shape index (κ2) is 10.2. The summed E-state index contributed by atoms with van der Waals surface area (Å²) in [6.45, 7) is 13.4. The van der Waals surface area contributed by atoms with Crippen molar-refractivity contribution in [1.82, 2.24) is 5.32 Å². The molecule has 246 valence electrons. The minimum absolute atomic E-state index is 0.00251. The highest BCUT2D eigenvalue weighted by atomic mass is 16.9. The van der Waals surface area contributed by atoms with Crippen LogP contribution in [0.25, 0.3) is 10.4 Å². The third-order valence-electron chi connectivity index (χ3n) is 8.60. The number of fused-ring (bicyclic) bond motifs is 2. The van der Waals surface area contributed by atoms with Gasteiger partial charge in [-0.1, -0.05) is 5.11 Å². The lowest BCUT2D eigenvalue weighted by Crippen LogP contribution is -2.73. The number of hydrogen-bond donors (Lipinski definition) is 1. The number of nitrogens with one attached hydrogen (secondary N) is 1. The number of rotatable bonds is 6. The molecule has 6 aliphatic rings. The van der Waals surface area contributed by atoms with Crippen molar-refractivity contribution in [1.29, 1.82) is 0 Å². The van der Waals surface area contributed by atoms with Crippen molar-refractivity contribution in [3.63, 3.8) is 0 Å². The zero-order valence-corrected chi connectivity index (χ0v) is 26.2. The Balaban J connectivity index is 1.46. The van der Waals surface area contributed by atoms with Crippen molar-refractivity contribution in [2.24, 2.45) is 5.11 Å². The maximum absolute atomic E-state index is 14.9. The van der Waals surface area contributed by atoms with Gasteiger partial charge in [-0.15, -0.1) is 0 Å². The van der Waals surface area contributed by atoms with Gasteiger partial charge in [0.15, 0.2) is 46.8 Å². The van der Waals surface area contributed by atoms with E-state index in [1.54, 1.807) is 55.4 Å². The lowest BCUT2D eigenvalue weighted by atomic mass is 9.80. The van der Waals surface area contributed by atoms with Gasteiger partial charge in [-0.2, -0.15) is 0 Å². The van der Waals surface area contributed by atoms with Gasteiger partial charge in [-0.05, 0) is 60.9 Å². The first-order chi connectivity index (χ1) is 20.4. The standard InChI is InChI=1S/C27H40N4O13/c1-22(2)35-10-12(39-22)14-26(30-31-28,16-18(37-14)43-24(5,6)41-16)20(32)29-27(21(33)34-9)15(13-11-36-23(3,4)40-13)38-19-17(27)42-25(7,8)44-19/h12-19H,10-11H2,1-9H3,(H,29,32)/t12-,13-,14-,15-,16+,17+,18-,19-,26+,27+/m1/s1. The molecular weight excluding hydrogens is 588 g/mol. The summed E-state index contributed by atoms with van der Waals surface area (Å²) in [6, 6.07) is 0. The van der Waals surface area contributed by atoms with Crippen LogP contribution in [0.4, 0.5) is 0 Å². The molecule has 0 spiro atoms. The van der Waals surface area contributed by atoms with E-state index in [9.17, 15) is 15.1 Å². The highest BCUT2D eigenvalue weighted by Crippen LogP contribution is 2.51. The molecular formula is C27H40N4O13. The predicted molar refractivity (Wildman–Crippen MR) is 142 cm³/mol. The van der Waals surface area contributed by atoms with Crippen LogP contribution in [-0.4, -0.2) is 116 Å². The summed E-state index contributed by atoms with van der Waals surface area (Å²) in [6.07, 6.45) is -8.97. The molecule has 17 nitrogen and oxygen atoms in total. The van der Waals surface area contributed by atoms with Crippen molar-refractivity contribution in [2.75, 3.05) is 20.3 Å². The lowest BCUT2D eigenvalue weighted by molar-refractivity contribution is -0.235. The summed E-state index contributed by atoms with van der Waals surface area (Å²) in [5.74, 6) is -6.31. The monoisotopic (exact) mass is 628 g/mol. The fourth-order valence-electron chi connectivity index (χ4n) is 6.94. The number of hydrogen-bond acceptors (Lipinski definition) is 14. The van der Waals surface area contributed by atoms with Crippen LogP contribution >= 0.6 is 0 Å². The third-order valence-corrected chi connectivity index (χ3v) is 8.60. The molecule has 6 rings (SSSR count). The molecule has 0 radical (unpaired) electrons. The summed E-state index contributed by atoms with van der Waals surface area (Å²) in [5, 5.41) is 6.87. The van der Waals surface area contributed by atoms with Crippen LogP contribution in [0.2, 0.25) is 0 Å². The second-order valence-electron chi connectivity index (χ2n) is 13.5. The molecule has 0 aliphatic carbocycles. The van der Waals surface area contributed by atoms with Crippen LogP contribution in [0.15, 0.2) is 5.11 Å².